The quantitative estimate of drug-likeness (QED) is 0.820. The van der Waals surface area contributed by atoms with E-state index in [9.17, 15) is 9.90 Å². The number of hydrogen-bond acceptors (Lipinski definition) is 3. The molecule has 0 unspecified atom stereocenters. The molecule has 0 radical (unpaired) electrons. The molecule has 1 saturated carbocycles. The van der Waals surface area contributed by atoms with Crippen molar-refractivity contribution in [3.8, 4) is 11.8 Å². The first-order valence-corrected chi connectivity index (χ1v) is 7.38. The van der Waals surface area contributed by atoms with Crippen molar-refractivity contribution in [2.75, 3.05) is 19.7 Å². The van der Waals surface area contributed by atoms with Gasteiger partial charge >= 0.3 is 0 Å². The molecule has 0 heterocycles. The number of aliphatic hydroxyl groups is 1. The Morgan fingerprint density at radius 3 is 2.81 bits per heavy atom. The van der Waals surface area contributed by atoms with Gasteiger partial charge in [-0.15, -0.1) is 0 Å². The number of carbonyl (C=O) groups excluding carboxylic acids is 1. The summed E-state index contributed by atoms with van der Waals surface area (Å²) in [5.41, 5.74) is 7.78. The van der Waals surface area contributed by atoms with E-state index in [4.69, 9.17) is 5.73 Å². The van der Waals surface area contributed by atoms with Crippen LogP contribution in [0, 0.1) is 18.8 Å². The zero-order valence-corrected chi connectivity index (χ0v) is 12.4. The molecule has 21 heavy (non-hydrogen) atoms. The first-order valence-electron chi connectivity index (χ1n) is 7.38. The van der Waals surface area contributed by atoms with E-state index in [1.165, 1.54) is 0 Å². The van der Waals surface area contributed by atoms with Crippen molar-refractivity contribution in [1.29, 1.82) is 0 Å². The van der Waals surface area contributed by atoms with Crippen molar-refractivity contribution in [3.63, 3.8) is 0 Å². The highest BCUT2D eigenvalue weighted by Crippen LogP contribution is 2.26. The van der Waals surface area contributed by atoms with Crippen LogP contribution in [0.3, 0.4) is 0 Å². The minimum atomic E-state index is -0.0114. The zero-order chi connectivity index (χ0) is 15.2. The van der Waals surface area contributed by atoms with Gasteiger partial charge in [-0.05, 0) is 43.9 Å². The number of aryl methyl sites for hydroxylation is 1. The number of benzene rings is 1. The van der Waals surface area contributed by atoms with Crippen LogP contribution in [0.2, 0.25) is 0 Å². The Hall–Kier alpha value is -1.83. The third-order valence-electron chi connectivity index (χ3n) is 3.92. The van der Waals surface area contributed by atoms with Gasteiger partial charge in [-0.25, -0.2) is 0 Å². The molecule has 0 bridgehead atoms. The summed E-state index contributed by atoms with van der Waals surface area (Å²) < 4.78 is 0. The summed E-state index contributed by atoms with van der Waals surface area (Å²) >= 11 is 0. The number of carbonyl (C=O) groups is 1. The molecule has 0 spiro atoms. The largest absolute Gasteiger partial charge is 0.395 e. The Kier molecular flexibility index (Phi) is 5.38. The van der Waals surface area contributed by atoms with E-state index in [-0.39, 0.29) is 18.6 Å². The average Bonchev–Trinajstić information content (AvgIpc) is 2.43. The molecule has 4 heteroatoms. The van der Waals surface area contributed by atoms with Gasteiger partial charge in [-0.1, -0.05) is 17.9 Å². The van der Waals surface area contributed by atoms with Crippen LogP contribution in [-0.4, -0.2) is 41.7 Å². The number of nitrogens with two attached hydrogens (primary N) is 1. The van der Waals surface area contributed by atoms with Crippen molar-refractivity contribution in [1.82, 2.24) is 4.90 Å². The number of amides is 1. The van der Waals surface area contributed by atoms with Crippen molar-refractivity contribution >= 4 is 5.91 Å². The minimum absolute atomic E-state index is 0.00599. The van der Waals surface area contributed by atoms with Gasteiger partial charge in [0.25, 0.3) is 5.91 Å². The van der Waals surface area contributed by atoms with Crippen LogP contribution in [0.4, 0.5) is 0 Å². The molecule has 0 aliphatic heterocycles. The van der Waals surface area contributed by atoms with E-state index in [1.807, 2.05) is 25.1 Å². The van der Waals surface area contributed by atoms with Gasteiger partial charge in [-0.3, -0.25) is 4.79 Å². The van der Waals surface area contributed by atoms with Gasteiger partial charge in [-0.2, -0.15) is 0 Å². The standard InChI is InChI=1S/C17H22N2O2/c1-13-7-8-14(4-3-9-18)12-16(13)17(21)19(10-11-20)15-5-2-6-15/h7-8,12,15,20H,2,5-6,9-11,18H2,1H3. The molecular formula is C17H22N2O2. The second-order valence-corrected chi connectivity index (χ2v) is 5.34. The maximum Gasteiger partial charge on any atom is 0.254 e. The second kappa shape index (κ2) is 7.26. The smallest absolute Gasteiger partial charge is 0.254 e. The van der Waals surface area contributed by atoms with E-state index in [0.717, 1.165) is 30.4 Å². The van der Waals surface area contributed by atoms with E-state index in [0.29, 0.717) is 18.7 Å². The summed E-state index contributed by atoms with van der Waals surface area (Å²) in [6, 6.07) is 5.90. The number of nitrogens with zero attached hydrogens (tertiary/aromatic N) is 1. The lowest BCUT2D eigenvalue weighted by molar-refractivity contribution is 0.0525. The Balaban J connectivity index is 2.27. The Labute approximate surface area is 125 Å². The monoisotopic (exact) mass is 286 g/mol. The summed E-state index contributed by atoms with van der Waals surface area (Å²) in [6.07, 6.45) is 3.20. The topological polar surface area (TPSA) is 66.6 Å². The zero-order valence-electron chi connectivity index (χ0n) is 12.4. The van der Waals surface area contributed by atoms with Crippen molar-refractivity contribution in [2.45, 2.75) is 32.2 Å². The number of hydrogen-bond donors (Lipinski definition) is 2. The van der Waals surface area contributed by atoms with Crippen LogP contribution >= 0.6 is 0 Å². The molecule has 112 valence electrons. The van der Waals surface area contributed by atoms with Gasteiger partial charge < -0.3 is 15.7 Å². The molecule has 1 aliphatic carbocycles. The fourth-order valence-electron chi connectivity index (χ4n) is 2.49. The minimum Gasteiger partial charge on any atom is -0.395 e. The fraction of sp³-hybridized carbons (Fsp3) is 0.471. The maximum atomic E-state index is 12.8. The predicted octanol–water partition coefficient (Wildman–Crippen LogP) is 1.29. The SMILES string of the molecule is Cc1ccc(C#CCN)cc1C(=O)N(CCO)C1CCC1. The Bertz CT molecular complexity index is 568. The molecule has 1 aromatic rings. The van der Waals surface area contributed by atoms with Crippen molar-refractivity contribution in [3.05, 3.63) is 34.9 Å². The van der Waals surface area contributed by atoms with Gasteiger partial charge in [0.1, 0.15) is 0 Å². The summed E-state index contributed by atoms with van der Waals surface area (Å²) in [7, 11) is 0. The normalized spacial score (nSPS) is 14.0. The van der Waals surface area contributed by atoms with E-state index >= 15 is 0 Å². The van der Waals surface area contributed by atoms with E-state index in [2.05, 4.69) is 11.8 Å². The molecule has 0 saturated heterocycles. The van der Waals surface area contributed by atoms with Crippen LogP contribution in [0.25, 0.3) is 0 Å². The van der Waals surface area contributed by atoms with Crippen LogP contribution in [0.1, 0.15) is 40.7 Å². The average molecular weight is 286 g/mol. The summed E-state index contributed by atoms with van der Waals surface area (Å²) in [6.45, 7) is 2.61. The number of rotatable bonds is 4. The van der Waals surface area contributed by atoms with Gasteiger partial charge in [0.2, 0.25) is 0 Å². The molecule has 3 N–H and O–H groups in total. The van der Waals surface area contributed by atoms with Gasteiger partial charge in [0.05, 0.1) is 13.2 Å². The first-order chi connectivity index (χ1) is 10.2. The lowest BCUT2D eigenvalue weighted by Gasteiger charge is -2.37. The maximum absolute atomic E-state index is 12.8. The third kappa shape index (κ3) is 3.63. The van der Waals surface area contributed by atoms with Crippen LogP contribution in [0.5, 0.6) is 0 Å². The summed E-state index contributed by atoms with van der Waals surface area (Å²) in [4.78, 5) is 14.6. The van der Waals surface area contributed by atoms with Crippen LogP contribution < -0.4 is 5.73 Å². The third-order valence-corrected chi connectivity index (χ3v) is 3.92. The molecular weight excluding hydrogens is 264 g/mol. The van der Waals surface area contributed by atoms with Gasteiger partial charge in [0, 0.05) is 23.7 Å². The molecule has 1 aromatic carbocycles. The fourth-order valence-corrected chi connectivity index (χ4v) is 2.49. The summed E-state index contributed by atoms with van der Waals surface area (Å²) in [5.74, 6) is 5.75. The van der Waals surface area contributed by atoms with Crippen molar-refractivity contribution in [2.24, 2.45) is 5.73 Å². The molecule has 4 nitrogen and oxygen atoms in total. The molecule has 1 aliphatic rings. The van der Waals surface area contributed by atoms with Crippen LogP contribution in [0.15, 0.2) is 18.2 Å². The summed E-state index contributed by atoms with van der Waals surface area (Å²) in [5, 5.41) is 9.21. The highest BCUT2D eigenvalue weighted by molar-refractivity contribution is 5.96. The molecule has 1 fully saturated rings. The lowest BCUT2D eigenvalue weighted by Crippen LogP contribution is -2.45. The Morgan fingerprint density at radius 1 is 1.48 bits per heavy atom. The van der Waals surface area contributed by atoms with E-state index in [1.54, 1.807) is 4.90 Å². The van der Waals surface area contributed by atoms with Crippen LogP contribution in [-0.2, 0) is 0 Å². The highest BCUT2D eigenvalue weighted by Gasteiger charge is 2.29. The molecule has 0 atom stereocenters. The van der Waals surface area contributed by atoms with E-state index < -0.39 is 0 Å². The molecule has 1 amide bonds. The number of aliphatic hydroxyl groups excluding tert-OH is 1. The second-order valence-electron chi connectivity index (χ2n) is 5.34. The van der Waals surface area contributed by atoms with Gasteiger partial charge in [0.15, 0.2) is 0 Å². The molecule has 2 rings (SSSR count). The first kappa shape index (κ1) is 15.6. The molecule has 0 aromatic heterocycles. The predicted molar refractivity (Wildman–Crippen MR) is 82.9 cm³/mol. The van der Waals surface area contributed by atoms with Crippen molar-refractivity contribution < 1.29 is 9.90 Å². The lowest BCUT2D eigenvalue weighted by atomic mass is 9.90. The highest BCUT2D eigenvalue weighted by atomic mass is 16.3. The Morgan fingerprint density at radius 2 is 2.24 bits per heavy atom.